The number of carbonyl (C=O) groups is 3. The molecule has 0 aliphatic rings. The normalized spacial score (nSPS) is 13.5. The van der Waals surface area contributed by atoms with Crippen LogP contribution in [0.5, 0.6) is 5.75 Å². The van der Waals surface area contributed by atoms with Crippen LogP contribution in [0.2, 0.25) is 0 Å². The second-order valence-corrected chi connectivity index (χ2v) is 8.36. The van der Waals surface area contributed by atoms with Gasteiger partial charge in [-0.15, -0.1) is 11.6 Å². The molecule has 0 heterocycles. The molecule has 1 rings (SSSR count). The van der Waals surface area contributed by atoms with Crippen molar-refractivity contribution in [1.29, 1.82) is 0 Å². The number of hydrogen-bond acceptors (Lipinski definition) is 7. The van der Waals surface area contributed by atoms with Crippen LogP contribution in [0.4, 0.5) is 13.2 Å². The molecule has 0 bridgehead atoms. The maximum absolute atomic E-state index is 13.0. The summed E-state index contributed by atoms with van der Waals surface area (Å²) in [5, 5.41) is -2.13. The molecule has 1 aromatic rings. The van der Waals surface area contributed by atoms with Gasteiger partial charge in [-0.05, 0) is 63.6 Å². The predicted octanol–water partition coefficient (Wildman–Crippen LogP) is 5.53. The molecule has 0 aliphatic heterocycles. The van der Waals surface area contributed by atoms with Crippen molar-refractivity contribution in [3.05, 3.63) is 29.8 Å². The first kappa shape index (κ1) is 30.5. The minimum absolute atomic E-state index is 0.00706. The Labute approximate surface area is 208 Å². The van der Waals surface area contributed by atoms with Crippen molar-refractivity contribution in [3.8, 4) is 5.75 Å². The van der Waals surface area contributed by atoms with Gasteiger partial charge < -0.3 is 18.9 Å². The van der Waals surface area contributed by atoms with E-state index in [1.807, 2.05) is 0 Å². The Bertz CT molecular complexity index is 809. The molecular weight excluding hydrogens is 493 g/mol. The largest absolute Gasteiger partial charge is 0.497 e. The third-order valence-corrected chi connectivity index (χ3v) is 5.84. The van der Waals surface area contributed by atoms with Crippen molar-refractivity contribution in [2.24, 2.45) is 5.41 Å². The first-order valence-electron chi connectivity index (χ1n) is 11.3. The van der Waals surface area contributed by atoms with E-state index in [1.54, 1.807) is 38.1 Å². The van der Waals surface area contributed by atoms with Crippen molar-refractivity contribution in [2.75, 3.05) is 20.3 Å². The molecule has 7 nitrogen and oxygen atoms in total. The summed E-state index contributed by atoms with van der Waals surface area (Å²) in [4.78, 5) is 37.8. The van der Waals surface area contributed by atoms with Crippen LogP contribution in [-0.4, -0.2) is 49.8 Å². The Morgan fingerprint density at radius 3 is 1.91 bits per heavy atom. The van der Waals surface area contributed by atoms with Gasteiger partial charge in [0.1, 0.15) is 17.2 Å². The summed E-state index contributed by atoms with van der Waals surface area (Å²) in [6.45, 7) is 4.22. The Kier molecular flexibility index (Phi) is 12.4. The quantitative estimate of drug-likeness (QED) is 0.137. The van der Waals surface area contributed by atoms with Crippen molar-refractivity contribution in [1.82, 2.24) is 0 Å². The lowest BCUT2D eigenvalue weighted by Crippen LogP contribution is -2.43. The molecule has 0 spiro atoms. The van der Waals surface area contributed by atoms with Gasteiger partial charge in [0.15, 0.2) is 5.41 Å². The molecule has 0 saturated carbocycles. The SMILES string of the molecule is CCOC(=O)C(CCCC(Cl)C(F)(F)F)(CCC(OC(C)=O)c1ccc(OC)cc1)C(=O)OCC. The Balaban J connectivity index is 3.27. The van der Waals surface area contributed by atoms with E-state index in [9.17, 15) is 27.6 Å². The molecule has 2 unspecified atom stereocenters. The van der Waals surface area contributed by atoms with Gasteiger partial charge in [-0.3, -0.25) is 14.4 Å². The van der Waals surface area contributed by atoms with Crippen molar-refractivity contribution >= 4 is 29.5 Å². The highest BCUT2D eigenvalue weighted by atomic mass is 35.5. The topological polar surface area (TPSA) is 88.1 Å². The Morgan fingerprint density at radius 1 is 0.943 bits per heavy atom. The first-order valence-corrected chi connectivity index (χ1v) is 11.7. The van der Waals surface area contributed by atoms with E-state index in [-0.39, 0.29) is 38.9 Å². The monoisotopic (exact) mass is 524 g/mol. The number of esters is 3. The summed E-state index contributed by atoms with van der Waals surface area (Å²) in [7, 11) is 1.50. The van der Waals surface area contributed by atoms with E-state index in [4.69, 9.17) is 30.5 Å². The maximum atomic E-state index is 13.0. The van der Waals surface area contributed by atoms with Crippen LogP contribution in [0.15, 0.2) is 24.3 Å². The highest BCUT2D eigenvalue weighted by Gasteiger charge is 2.49. The number of ether oxygens (including phenoxy) is 4. The minimum atomic E-state index is -4.62. The summed E-state index contributed by atoms with van der Waals surface area (Å²) < 4.78 is 59.4. The van der Waals surface area contributed by atoms with Gasteiger partial charge in [0.2, 0.25) is 0 Å². The zero-order valence-corrected chi connectivity index (χ0v) is 21.0. The lowest BCUT2D eigenvalue weighted by atomic mass is 9.77. The fraction of sp³-hybridized carbons (Fsp3) is 0.625. The summed E-state index contributed by atoms with van der Waals surface area (Å²) >= 11 is 5.43. The molecule has 2 atom stereocenters. The Hall–Kier alpha value is -2.49. The van der Waals surface area contributed by atoms with Crippen LogP contribution in [0, 0.1) is 5.41 Å². The third kappa shape index (κ3) is 9.23. The van der Waals surface area contributed by atoms with Gasteiger partial charge in [0.05, 0.1) is 20.3 Å². The van der Waals surface area contributed by atoms with Crippen LogP contribution in [0.1, 0.15) is 64.5 Å². The molecule has 0 N–H and O–H groups in total. The molecule has 0 radical (unpaired) electrons. The fourth-order valence-electron chi connectivity index (χ4n) is 3.59. The Morgan fingerprint density at radius 2 is 1.49 bits per heavy atom. The first-order chi connectivity index (χ1) is 16.4. The van der Waals surface area contributed by atoms with E-state index in [1.165, 1.54) is 14.0 Å². The summed E-state index contributed by atoms with van der Waals surface area (Å²) in [5.41, 5.74) is -1.31. The fourth-order valence-corrected chi connectivity index (χ4v) is 3.75. The molecule has 0 fully saturated rings. The number of carbonyl (C=O) groups excluding carboxylic acids is 3. The smallest absolute Gasteiger partial charge is 0.404 e. The second-order valence-electron chi connectivity index (χ2n) is 7.83. The molecule has 11 heteroatoms. The summed E-state index contributed by atoms with van der Waals surface area (Å²) in [5.74, 6) is -1.83. The molecule has 1 aromatic carbocycles. The average molecular weight is 525 g/mol. The van der Waals surface area contributed by atoms with Crippen LogP contribution in [0.3, 0.4) is 0 Å². The van der Waals surface area contributed by atoms with Crippen LogP contribution in [0.25, 0.3) is 0 Å². The van der Waals surface area contributed by atoms with Crippen molar-refractivity contribution < 1.29 is 46.5 Å². The van der Waals surface area contributed by atoms with E-state index >= 15 is 0 Å². The highest BCUT2D eigenvalue weighted by Crippen LogP contribution is 2.39. The van der Waals surface area contributed by atoms with E-state index in [0.717, 1.165) is 0 Å². The average Bonchev–Trinajstić information content (AvgIpc) is 2.79. The molecule has 0 saturated heterocycles. The standard InChI is InChI=1S/C24H32ClF3O7/c1-5-33-21(30)23(22(31)34-6-2,14-7-8-20(25)24(26,27)28)15-13-19(35-16(3)29)17-9-11-18(32-4)12-10-17/h9-12,19-20H,5-8,13-15H2,1-4H3. The van der Waals surface area contributed by atoms with E-state index in [0.29, 0.717) is 11.3 Å². The molecule has 198 valence electrons. The van der Waals surface area contributed by atoms with Gasteiger partial charge in [-0.2, -0.15) is 13.2 Å². The highest BCUT2D eigenvalue weighted by molar-refractivity contribution is 6.21. The minimum Gasteiger partial charge on any atom is -0.497 e. The number of rotatable bonds is 14. The molecular formula is C24H32ClF3O7. The lowest BCUT2D eigenvalue weighted by molar-refractivity contribution is -0.174. The molecule has 0 aliphatic carbocycles. The molecule has 0 amide bonds. The van der Waals surface area contributed by atoms with Crippen LogP contribution in [-0.2, 0) is 28.6 Å². The number of benzene rings is 1. The van der Waals surface area contributed by atoms with Gasteiger partial charge >= 0.3 is 24.1 Å². The zero-order valence-electron chi connectivity index (χ0n) is 20.3. The van der Waals surface area contributed by atoms with Gasteiger partial charge in [-0.1, -0.05) is 12.1 Å². The number of halogens is 4. The summed E-state index contributed by atoms with van der Waals surface area (Å²) in [6.07, 6.45) is -6.60. The zero-order chi connectivity index (χ0) is 26.6. The maximum Gasteiger partial charge on any atom is 0.404 e. The molecule has 35 heavy (non-hydrogen) atoms. The number of alkyl halides is 4. The van der Waals surface area contributed by atoms with Crippen molar-refractivity contribution in [3.63, 3.8) is 0 Å². The van der Waals surface area contributed by atoms with Gasteiger partial charge in [0, 0.05) is 6.92 Å². The number of hydrogen-bond donors (Lipinski definition) is 0. The number of methoxy groups -OCH3 is 1. The predicted molar refractivity (Wildman–Crippen MR) is 122 cm³/mol. The third-order valence-electron chi connectivity index (χ3n) is 5.38. The van der Waals surface area contributed by atoms with E-state index < -0.39 is 47.4 Å². The van der Waals surface area contributed by atoms with Gasteiger partial charge in [0.25, 0.3) is 0 Å². The van der Waals surface area contributed by atoms with Crippen molar-refractivity contribution in [2.45, 2.75) is 70.5 Å². The second kappa shape index (κ2) is 14.2. The van der Waals surface area contributed by atoms with Crippen LogP contribution < -0.4 is 4.74 Å². The molecule has 0 aromatic heterocycles. The van der Waals surface area contributed by atoms with E-state index in [2.05, 4.69) is 0 Å². The van der Waals surface area contributed by atoms with Gasteiger partial charge in [-0.25, -0.2) is 0 Å². The van der Waals surface area contributed by atoms with Crippen LogP contribution >= 0.6 is 11.6 Å². The summed E-state index contributed by atoms with van der Waals surface area (Å²) in [6, 6.07) is 6.66. The lowest BCUT2D eigenvalue weighted by Gasteiger charge is -2.31.